The van der Waals surface area contributed by atoms with Crippen LogP contribution in [0.3, 0.4) is 0 Å². The predicted octanol–water partition coefficient (Wildman–Crippen LogP) is 2.48. The number of hydrogen-bond donors (Lipinski definition) is 1. The average Bonchev–Trinajstić information content (AvgIpc) is 2.90. The molecule has 21 heavy (non-hydrogen) atoms. The summed E-state index contributed by atoms with van der Waals surface area (Å²) >= 11 is 0. The normalized spacial score (nSPS) is 19.8. The summed E-state index contributed by atoms with van der Waals surface area (Å²) in [6.45, 7) is 3.87. The van der Waals surface area contributed by atoms with Crippen LogP contribution in [0.4, 0.5) is 0 Å². The Labute approximate surface area is 124 Å². The number of H-pyrrole nitrogens is 1. The van der Waals surface area contributed by atoms with Crippen LogP contribution >= 0.6 is 0 Å². The topological polar surface area (TPSA) is 58.2 Å². The van der Waals surface area contributed by atoms with E-state index in [9.17, 15) is 4.79 Å². The monoisotopic (exact) mass is 287 g/mol. The number of carbonyl (C=O) groups is 1. The molecule has 5 heteroatoms. The van der Waals surface area contributed by atoms with Gasteiger partial charge in [0, 0.05) is 0 Å². The number of para-hydroxylation sites is 2. The van der Waals surface area contributed by atoms with Gasteiger partial charge in [-0.15, -0.1) is 0 Å². The zero-order chi connectivity index (χ0) is 14.7. The lowest BCUT2D eigenvalue weighted by atomic mass is 10.0. The Morgan fingerprint density at radius 3 is 3.10 bits per heavy atom. The van der Waals surface area contributed by atoms with E-state index in [1.54, 1.807) is 0 Å². The summed E-state index contributed by atoms with van der Waals surface area (Å²) in [5, 5.41) is 0. The fourth-order valence-corrected chi connectivity index (χ4v) is 2.96. The maximum Gasteiger partial charge on any atom is 0.323 e. The molecule has 112 valence electrons. The highest BCUT2D eigenvalue weighted by Gasteiger charge is 2.30. The molecular weight excluding hydrogens is 266 g/mol. The molecule has 1 saturated heterocycles. The van der Waals surface area contributed by atoms with E-state index in [1.807, 2.05) is 31.2 Å². The Morgan fingerprint density at radius 1 is 1.43 bits per heavy atom. The van der Waals surface area contributed by atoms with Crippen molar-refractivity contribution in [2.24, 2.45) is 0 Å². The molecule has 3 rings (SSSR count). The van der Waals surface area contributed by atoms with E-state index in [0.717, 1.165) is 42.7 Å². The molecule has 2 aromatic rings. The lowest BCUT2D eigenvalue weighted by Crippen LogP contribution is -2.45. The average molecular weight is 287 g/mol. The Bertz CT molecular complexity index is 590. The fraction of sp³-hybridized carbons (Fsp3) is 0.500. The number of nitrogens with one attached hydrogen (secondary N) is 1. The number of fused-ring (bicyclic) bond motifs is 1. The van der Waals surface area contributed by atoms with Crippen molar-refractivity contribution >= 4 is 17.0 Å². The van der Waals surface area contributed by atoms with Gasteiger partial charge in [0.1, 0.15) is 11.9 Å². The van der Waals surface area contributed by atoms with Gasteiger partial charge in [-0.25, -0.2) is 4.98 Å². The minimum Gasteiger partial charge on any atom is -0.465 e. The van der Waals surface area contributed by atoms with Gasteiger partial charge in [-0.1, -0.05) is 18.6 Å². The molecule has 0 bridgehead atoms. The maximum atomic E-state index is 12.1. The third kappa shape index (κ3) is 3.08. The Balaban J connectivity index is 1.75. The summed E-state index contributed by atoms with van der Waals surface area (Å²) in [4.78, 5) is 22.2. The molecule has 0 amide bonds. The van der Waals surface area contributed by atoms with Gasteiger partial charge >= 0.3 is 5.97 Å². The third-order valence-corrected chi connectivity index (χ3v) is 3.96. The number of likely N-dealkylation sites (tertiary alicyclic amines) is 1. The van der Waals surface area contributed by atoms with Crippen LogP contribution in [0.25, 0.3) is 11.0 Å². The minimum atomic E-state index is -0.132. The van der Waals surface area contributed by atoms with Gasteiger partial charge in [0.2, 0.25) is 0 Å². The van der Waals surface area contributed by atoms with Gasteiger partial charge in [0.05, 0.1) is 24.2 Å². The molecule has 0 aliphatic carbocycles. The largest absolute Gasteiger partial charge is 0.465 e. The zero-order valence-electron chi connectivity index (χ0n) is 12.3. The SMILES string of the molecule is CCOC(=O)C1CCCCN1Cc1nc2ccccc2[nH]1. The fourth-order valence-electron chi connectivity index (χ4n) is 2.96. The molecule has 1 aromatic carbocycles. The number of ether oxygens (including phenoxy) is 1. The first-order valence-electron chi connectivity index (χ1n) is 7.62. The van der Waals surface area contributed by atoms with Crippen molar-refractivity contribution in [2.45, 2.75) is 38.8 Å². The molecule has 1 aliphatic heterocycles. The number of imidazole rings is 1. The van der Waals surface area contributed by atoms with Crippen molar-refractivity contribution in [1.82, 2.24) is 14.9 Å². The van der Waals surface area contributed by atoms with Crippen LogP contribution in [-0.2, 0) is 16.1 Å². The molecule has 1 N–H and O–H groups in total. The smallest absolute Gasteiger partial charge is 0.323 e. The van der Waals surface area contributed by atoms with Crippen LogP contribution in [-0.4, -0.2) is 40.0 Å². The lowest BCUT2D eigenvalue weighted by Gasteiger charge is -2.33. The molecular formula is C16H21N3O2. The highest BCUT2D eigenvalue weighted by molar-refractivity contribution is 5.76. The van der Waals surface area contributed by atoms with Crippen molar-refractivity contribution in [1.29, 1.82) is 0 Å². The molecule has 2 heterocycles. The number of carbonyl (C=O) groups excluding carboxylic acids is 1. The van der Waals surface area contributed by atoms with Crippen LogP contribution in [0.15, 0.2) is 24.3 Å². The first kappa shape index (κ1) is 14.1. The van der Waals surface area contributed by atoms with Gasteiger partial charge < -0.3 is 9.72 Å². The van der Waals surface area contributed by atoms with Crippen molar-refractivity contribution < 1.29 is 9.53 Å². The van der Waals surface area contributed by atoms with E-state index in [1.165, 1.54) is 0 Å². The van der Waals surface area contributed by atoms with Crippen LogP contribution in [0.2, 0.25) is 0 Å². The van der Waals surface area contributed by atoms with E-state index in [-0.39, 0.29) is 12.0 Å². The number of nitrogens with zero attached hydrogens (tertiary/aromatic N) is 2. The first-order valence-corrected chi connectivity index (χ1v) is 7.62. The van der Waals surface area contributed by atoms with Gasteiger partial charge in [-0.05, 0) is 38.4 Å². The number of aromatic amines is 1. The van der Waals surface area contributed by atoms with Crippen LogP contribution < -0.4 is 0 Å². The number of piperidine rings is 1. The summed E-state index contributed by atoms with van der Waals surface area (Å²) in [7, 11) is 0. The van der Waals surface area contributed by atoms with Gasteiger partial charge in [0.15, 0.2) is 0 Å². The number of hydrogen-bond acceptors (Lipinski definition) is 4. The van der Waals surface area contributed by atoms with Crippen molar-refractivity contribution in [3.05, 3.63) is 30.1 Å². The molecule has 1 unspecified atom stereocenters. The zero-order valence-corrected chi connectivity index (χ0v) is 12.3. The van der Waals surface area contributed by atoms with Gasteiger partial charge in [0.25, 0.3) is 0 Å². The summed E-state index contributed by atoms with van der Waals surface area (Å²) in [5.41, 5.74) is 2.01. The summed E-state index contributed by atoms with van der Waals surface area (Å²) in [6.07, 6.45) is 3.08. The maximum absolute atomic E-state index is 12.1. The molecule has 0 spiro atoms. The third-order valence-electron chi connectivity index (χ3n) is 3.96. The van der Waals surface area contributed by atoms with Gasteiger partial charge in [-0.2, -0.15) is 0 Å². The second-order valence-corrected chi connectivity index (χ2v) is 5.43. The predicted molar refractivity (Wildman–Crippen MR) is 80.8 cm³/mol. The van der Waals surface area contributed by atoms with Gasteiger partial charge in [-0.3, -0.25) is 9.69 Å². The van der Waals surface area contributed by atoms with E-state index >= 15 is 0 Å². The Hall–Kier alpha value is -1.88. The quantitative estimate of drug-likeness (QED) is 0.878. The number of benzene rings is 1. The Morgan fingerprint density at radius 2 is 2.29 bits per heavy atom. The van der Waals surface area contributed by atoms with Crippen molar-refractivity contribution in [2.75, 3.05) is 13.2 Å². The molecule has 1 atom stereocenters. The van der Waals surface area contributed by atoms with E-state index in [0.29, 0.717) is 13.2 Å². The van der Waals surface area contributed by atoms with Crippen LogP contribution in [0.5, 0.6) is 0 Å². The van der Waals surface area contributed by atoms with Crippen LogP contribution in [0, 0.1) is 0 Å². The Kier molecular flexibility index (Phi) is 4.20. The number of aromatic nitrogens is 2. The highest BCUT2D eigenvalue weighted by atomic mass is 16.5. The summed E-state index contributed by atoms with van der Waals surface area (Å²) in [5.74, 6) is 0.806. The van der Waals surface area contributed by atoms with E-state index in [2.05, 4.69) is 14.9 Å². The van der Waals surface area contributed by atoms with Crippen molar-refractivity contribution in [3.8, 4) is 0 Å². The number of esters is 1. The second-order valence-electron chi connectivity index (χ2n) is 5.43. The summed E-state index contributed by atoms with van der Waals surface area (Å²) < 4.78 is 5.20. The second kappa shape index (κ2) is 6.26. The van der Waals surface area contributed by atoms with E-state index < -0.39 is 0 Å². The standard InChI is InChI=1S/C16H21N3O2/c1-2-21-16(20)14-9-5-6-10-19(14)11-15-17-12-7-3-4-8-13(12)18-15/h3-4,7-8,14H,2,5-6,9-11H2,1H3,(H,17,18). The number of rotatable bonds is 4. The van der Waals surface area contributed by atoms with E-state index in [4.69, 9.17) is 4.74 Å². The lowest BCUT2D eigenvalue weighted by molar-refractivity contribution is -0.151. The highest BCUT2D eigenvalue weighted by Crippen LogP contribution is 2.21. The molecule has 0 radical (unpaired) electrons. The molecule has 1 aromatic heterocycles. The molecule has 1 aliphatic rings. The first-order chi connectivity index (χ1) is 10.3. The molecule has 0 saturated carbocycles. The van der Waals surface area contributed by atoms with Crippen LogP contribution in [0.1, 0.15) is 32.0 Å². The minimum absolute atomic E-state index is 0.103. The molecule has 5 nitrogen and oxygen atoms in total. The molecule has 1 fully saturated rings. The van der Waals surface area contributed by atoms with Crippen molar-refractivity contribution in [3.63, 3.8) is 0 Å². The summed E-state index contributed by atoms with van der Waals surface area (Å²) in [6, 6.07) is 7.85.